The summed E-state index contributed by atoms with van der Waals surface area (Å²) < 4.78 is 1.84. The van der Waals surface area contributed by atoms with Gasteiger partial charge in [-0.15, -0.1) is 10.2 Å². The summed E-state index contributed by atoms with van der Waals surface area (Å²) in [4.78, 5) is 4.40. The van der Waals surface area contributed by atoms with Gasteiger partial charge in [0, 0.05) is 13.6 Å². The van der Waals surface area contributed by atoms with E-state index in [1.807, 2.05) is 25.5 Å². The highest BCUT2D eigenvalue weighted by molar-refractivity contribution is 6.37. The van der Waals surface area contributed by atoms with E-state index in [-0.39, 0.29) is 6.04 Å². The average Bonchev–Trinajstić information content (AvgIpc) is 2.81. The van der Waals surface area contributed by atoms with Gasteiger partial charge in [0.1, 0.15) is 18.0 Å². The van der Waals surface area contributed by atoms with Crippen LogP contribution in [0, 0.1) is 0 Å². The van der Waals surface area contributed by atoms with Gasteiger partial charge in [-0.1, -0.05) is 23.2 Å². The van der Waals surface area contributed by atoms with E-state index < -0.39 is 0 Å². The summed E-state index contributed by atoms with van der Waals surface area (Å²) >= 11 is 12.2. The largest absolute Gasteiger partial charge is 0.369 e. The molecule has 0 aliphatic heterocycles. The van der Waals surface area contributed by atoms with E-state index in [4.69, 9.17) is 23.2 Å². The fourth-order valence-electron chi connectivity index (χ4n) is 1.81. The predicted octanol–water partition coefficient (Wildman–Crippen LogP) is 3.12. The van der Waals surface area contributed by atoms with E-state index in [1.165, 1.54) is 0 Å². The fourth-order valence-corrected chi connectivity index (χ4v) is 2.29. The zero-order valence-electron chi connectivity index (χ0n) is 11.5. The fraction of sp³-hybridized carbons (Fsp3) is 0.417. The Labute approximate surface area is 127 Å². The maximum Gasteiger partial charge on any atom is 0.154 e. The Morgan fingerprint density at radius 3 is 2.60 bits per heavy atom. The van der Waals surface area contributed by atoms with Gasteiger partial charge in [-0.05, 0) is 19.9 Å². The zero-order chi connectivity index (χ0) is 14.7. The van der Waals surface area contributed by atoms with E-state index in [0.29, 0.717) is 21.7 Å². The van der Waals surface area contributed by atoms with Gasteiger partial charge in [-0.3, -0.25) is 0 Å². The van der Waals surface area contributed by atoms with Gasteiger partial charge in [0.25, 0.3) is 0 Å². The van der Waals surface area contributed by atoms with Crippen LogP contribution in [0.2, 0.25) is 10.0 Å². The molecule has 2 aromatic heterocycles. The van der Waals surface area contributed by atoms with Crippen LogP contribution < -0.4 is 10.6 Å². The van der Waals surface area contributed by atoms with Gasteiger partial charge in [0.15, 0.2) is 5.82 Å². The minimum Gasteiger partial charge on any atom is -0.369 e. The quantitative estimate of drug-likeness (QED) is 0.887. The molecule has 2 rings (SSSR count). The third kappa shape index (κ3) is 3.13. The van der Waals surface area contributed by atoms with Crippen LogP contribution in [-0.4, -0.2) is 26.3 Å². The van der Waals surface area contributed by atoms with E-state index in [1.54, 1.807) is 12.4 Å². The third-order valence-electron chi connectivity index (χ3n) is 2.76. The second kappa shape index (κ2) is 6.28. The Bertz CT molecular complexity index is 598. The number of nitrogens with one attached hydrogen (secondary N) is 2. The van der Waals surface area contributed by atoms with Crippen molar-refractivity contribution in [2.75, 3.05) is 17.2 Å². The third-order valence-corrected chi connectivity index (χ3v) is 3.34. The number of pyridine rings is 1. The standard InChI is InChI=1S/C12H16Cl2N6/c1-4-15-10-8(13)5-9(14)11(18-10)17-7(2)12-19-16-6-20(12)3/h5-7H,4H2,1-3H3,(H2,15,17,18). The number of rotatable bonds is 5. The number of aryl methyl sites for hydroxylation is 1. The molecule has 0 spiro atoms. The summed E-state index contributed by atoms with van der Waals surface area (Å²) in [6.07, 6.45) is 1.65. The van der Waals surface area contributed by atoms with Crippen molar-refractivity contribution in [2.24, 2.45) is 7.05 Å². The lowest BCUT2D eigenvalue weighted by molar-refractivity contribution is 0.716. The van der Waals surface area contributed by atoms with E-state index in [0.717, 1.165) is 12.4 Å². The topological polar surface area (TPSA) is 67.7 Å². The molecule has 20 heavy (non-hydrogen) atoms. The van der Waals surface area contributed by atoms with E-state index in [9.17, 15) is 0 Å². The highest BCUT2D eigenvalue weighted by Crippen LogP contribution is 2.30. The Kier molecular flexibility index (Phi) is 4.67. The van der Waals surface area contributed by atoms with Crippen molar-refractivity contribution in [3.05, 3.63) is 28.3 Å². The molecule has 1 atom stereocenters. The van der Waals surface area contributed by atoms with Crippen LogP contribution in [0.15, 0.2) is 12.4 Å². The summed E-state index contributed by atoms with van der Waals surface area (Å²) in [5.74, 6) is 1.96. The second-order valence-corrected chi connectivity index (χ2v) is 5.16. The Morgan fingerprint density at radius 1 is 1.30 bits per heavy atom. The summed E-state index contributed by atoms with van der Waals surface area (Å²) in [5.41, 5.74) is 0. The molecule has 0 fully saturated rings. The minimum atomic E-state index is -0.0804. The average molecular weight is 315 g/mol. The van der Waals surface area contributed by atoms with Crippen molar-refractivity contribution in [3.8, 4) is 0 Å². The molecule has 2 heterocycles. The maximum absolute atomic E-state index is 6.17. The predicted molar refractivity (Wildman–Crippen MR) is 81.5 cm³/mol. The first kappa shape index (κ1) is 14.9. The number of aromatic nitrogens is 4. The Morgan fingerprint density at radius 2 is 2.00 bits per heavy atom. The summed E-state index contributed by atoms with van der Waals surface area (Å²) in [6.45, 7) is 4.66. The summed E-state index contributed by atoms with van der Waals surface area (Å²) in [7, 11) is 1.88. The number of hydrogen-bond donors (Lipinski definition) is 2. The van der Waals surface area contributed by atoms with E-state index in [2.05, 4.69) is 25.8 Å². The molecule has 0 saturated heterocycles. The molecule has 0 radical (unpaired) electrons. The summed E-state index contributed by atoms with van der Waals surface area (Å²) in [5, 5.41) is 15.2. The molecule has 0 bridgehead atoms. The molecule has 0 saturated carbocycles. The molecule has 2 aromatic rings. The highest BCUT2D eigenvalue weighted by atomic mass is 35.5. The Hall–Kier alpha value is -1.53. The first-order valence-electron chi connectivity index (χ1n) is 6.23. The highest BCUT2D eigenvalue weighted by Gasteiger charge is 2.15. The van der Waals surface area contributed by atoms with Crippen LogP contribution >= 0.6 is 23.2 Å². The van der Waals surface area contributed by atoms with Crippen LogP contribution in [0.5, 0.6) is 0 Å². The van der Waals surface area contributed by atoms with Crippen LogP contribution in [0.4, 0.5) is 11.6 Å². The molecule has 0 amide bonds. The lowest BCUT2D eigenvalue weighted by atomic mass is 10.3. The van der Waals surface area contributed by atoms with Gasteiger partial charge in [0.05, 0.1) is 16.1 Å². The van der Waals surface area contributed by atoms with Crippen LogP contribution in [-0.2, 0) is 7.05 Å². The first-order chi connectivity index (χ1) is 9.52. The lowest BCUT2D eigenvalue weighted by Gasteiger charge is -2.16. The normalized spacial score (nSPS) is 12.2. The van der Waals surface area contributed by atoms with Crippen LogP contribution in [0.25, 0.3) is 0 Å². The molecule has 0 aliphatic carbocycles. The molecule has 0 aromatic carbocycles. The molecule has 108 valence electrons. The van der Waals surface area contributed by atoms with Gasteiger partial charge < -0.3 is 15.2 Å². The maximum atomic E-state index is 6.17. The monoisotopic (exact) mass is 314 g/mol. The van der Waals surface area contributed by atoms with Crippen molar-refractivity contribution in [1.82, 2.24) is 19.7 Å². The molecule has 1 unspecified atom stereocenters. The van der Waals surface area contributed by atoms with Crippen LogP contribution in [0.3, 0.4) is 0 Å². The van der Waals surface area contributed by atoms with Gasteiger partial charge in [0.2, 0.25) is 0 Å². The molecular weight excluding hydrogens is 299 g/mol. The second-order valence-electron chi connectivity index (χ2n) is 4.35. The van der Waals surface area contributed by atoms with Gasteiger partial charge in [-0.25, -0.2) is 4.98 Å². The van der Waals surface area contributed by atoms with Gasteiger partial charge >= 0.3 is 0 Å². The molecular formula is C12H16Cl2N6. The van der Waals surface area contributed by atoms with E-state index >= 15 is 0 Å². The lowest BCUT2D eigenvalue weighted by Crippen LogP contribution is -2.14. The van der Waals surface area contributed by atoms with Crippen molar-refractivity contribution in [2.45, 2.75) is 19.9 Å². The molecule has 0 aliphatic rings. The summed E-state index contributed by atoms with van der Waals surface area (Å²) in [6, 6.07) is 1.59. The number of hydrogen-bond acceptors (Lipinski definition) is 5. The zero-order valence-corrected chi connectivity index (χ0v) is 13.0. The first-order valence-corrected chi connectivity index (χ1v) is 6.98. The van der Waals surface area contributed by atoms with Crippen molar-refractivity contribution in [1.29, 1.82) is 0 Å². The van der Waals surface area contributed by atoms with Crippen molar-refractivity contribution < 1.29 is 0 Å². The molecule has 6 nitrogen and oxygen atoms in total. The molecule has 2 N–H and O–H groups in total. The van der Waals surface area contributed by atoms with Crippen molar-refractivity contribution in [3.63, 3.8) is 0 Å². The smallest absolute Gasteiger partial charge is 0.154 e. The van der Waals surface area contributed by atoms with Crippen molar-refractivity contribution >= 4 is 34.8 Å². The Balaban J connectivity index is 2.24. The van der Waals surface area contributed by atoms with Gasteiger partial charge in [-0.2, -0.15) is 0 Å². The minimum absolute atomic E-state index is 0.0804. The number of halogens is 2. The number of nitrogens with zero attached hydrogens (tertiary/aromatic N) is 4. The molecule has 8 heteroatoms. The van der Waals surface area contributed by atoms with Crippen LogP contribution in [0.1, 0.15) is 25.7 Å². The SMILES string of the molecule is CCNc1nc(NC(C)c2nncn2C)c(Cl)cc1Cl. The number of anilines is 2.